The van der Waals surface area contributed by atoms with Crippen LogP contribution in [-0.2, 0) is 0 Å². The van der Waals surface area contributed by atoms with Crippen LogP contribution in [-0.4, -0.2) is 32.2 Å². The summed E-state index contributed by atoms with van der Waals surface area (Å²) in [5, 5.41) is 6.75. The number of halogens is 1. The second-order valence-corrected chi connectivity index (χ2v) is 7.42. The number of benzene rings is 2. The normalized spacial score (nSPS) is 10.8. The van der Waals surface area contributed by atoms with Gasteiger partial charge >= 0.3 is 0 Å². The summed E-state index contributed by atoms with van der Waals surface area (Å²) in [6.45, 7) is 5.37. The lowest BCUT2D eigenvalue weighted by Crippen LogP contribution is -2.27. The molecule has 0 radical (unpaired) electrons. The molecule has 0 saturated carbocycles. The molecule has 1 heterocycles. The Balaban J connectivity index is 1.68. The molecule has 0 bridgehead atoms. The number of ether oxygens (including phenoxy) is 2. The number of furan rings is 1. The van der Waals surface area contributed by atoms with Gasteiger partial charge in [-0.05, 0) is 36.4 Å². The molecule has 7 heteroatoms. The standard InChI is InChI=1S/C23H25ClN2O4/c1-15(2)25-10-11-29-20-13-18(12-19(14-20)28-3)26-23(27)22-9-8-21(30-22)16-4-6-17(24)7-5-16/h4-9,12-15,25H,10-11H2,1-3H3,(H,26,27). The molecule has 0 fully saturated rings. The Morgan fingerprint density at radius 3 is 2.50 bits per heavy atom. The summed E-state index contributed by atoms with van der Waals surface area (Å²) in [4.78, 5) is 12.6. The first kappa shape index (κ1) is 21.7. The fraction of sp³-hybridized carbons (Fsp3) is 0.261. The molecule has 6 nitrogen and oxygen atoms in total. The lowest BCUT2D eigenvalue weighted by molar-refractivity contribution is 0.0997. The van der Waals surface area contributed by atoms with Gasteiger partial charge in [0.2, 0.25) is 0 Å². The molecule has 0 atom stereocenters. The summed E-state index contributed by atoms with van der Waals surface area (Å²) in [6, 6.07) is 16.2. The van der Waals surface area contributed by atoms with E-state index in [9.17, 15) is 4.79 Å². The summed E-state index contributed by atoms with van der Waals surface area (Å²) >= 11 is 5.92. The van der Waals surface area contributed by atoms with Gasteiger partial charge in [-0.2, -0.15) is 0 Å². The molecular weight excluding hydrogens is 404 g/mol. The molecule has 1 amide bonds. The maximum atomic E-state index is 12.6. The van der Waals surface area contributed by atoms with E-state index in [0.717, 1.165) is 12.1 Å². The Bertz CT molecular complexity index is 983. The Kier molecular flexibility index (Phi) is 7.38. The van der Waals surface area contributed by atoms with Gasteiger partial charge in [0, 0.05) is 47.1 Å². The second kappa shape index (κ2) is 10.2. The first-order chi connectivity index (χ1) is 14.4. The van der Waals surface area contributed by atoms with E-state index < -0.39 is 0 Å². The lowest BCUT2D eigenvalue weighted by atomic mass is 10.2. The zero-order valence-electron chi connectivity index (χ0n) is 17.2. The lowest BCUT2D eigenvalue weighted by Gasteiger charge is -2.12. The van der Waals surface area contributed by atoms with E-state index >= 15 is 0 Å². The molecule has 2 N–H and O–H groups in total. The first-order valence-electron chi connectivity index (χ1n) is 9.67. The van der Waals surface area contributed by atoms with Crippen LogP contribution >= 0.6 is 11.6 Å². The van der Waals surface area contributed by atoms with Crippen LogP contribution in [0.3, 0.4) is 0 Å². The van der Waals surface area contributed by atoms with E-state index in [1.54, 1.807) is 49.6 Å². The maximum Gasteiger partial charge on any atom is 0.291 e. The molecule has 3 rings (SSSR count). The van der Waals surface area contributed by atoms with Crippen molar-refractivity contribution in [3.63, 3.8) is 0 Å². The van der Waals surface area contributed by atoms with E-state index in [2.05, 4.69) is 24.5 Å². The molecule has 0 spiro atoms. The van der Waals surface area contributed by atoms with Crippen LogP contribution in [0.1, 0.15) is 24.4 Å². The van der Waals surface area contributed by atoms with Gasteiger partial charge < -0.3 is 24.5 Å². The minimum atomic E-state index is -0.365. The number of hydrogen-bond acceptors (Lipinski definition) is 5. The smallest absolute Gasteiger partial charge is 0.291 e. The van der Waals surface area contributed by atoms with Crippen molar-refractivity contribution in [3.05, 3.63) is 65.4 Å². The molecule has 0 aliphatic carbocycles. The van der Waals surface area contributed by atoms with Crippen molar-refractivity contribution in [3.8, 4) is 22.8 Å². The van der Waals surface area contributed by atoms with Crippen molar-refractivity contribution in [2.24, 2.45) is 0 Å². The number of carbonyl (C=O) groups is 1. The number of rotatable bonds is 9. The van der Waals surface area contributed by atoms with Crippen LogP contribution in [0.5, 0.6) is 11.5 Å². The van der Waals surface area contributed by atoms with E-state index in [1.807, 2.05) is 12.1 Å². The van der Waals surface area contributed by atoms with Gasteiger partial charge in [0.1, 0.15) is 23.9 Å². The van der Waals surface area contributed by atoms with Crippen molar-refractivity contribution in [1.82, 2.24) is 5.32 Å². The average molecular weight is 429 g/mol. The number of methoxy groups -OCH3 is 1. The van der Waals surface area contributed by atoms with Crippen molar-refractivity contribution in [2.45, 2.75) is 19.9 Å². The summed E-state index contributed by atoms with van der Waals surface area (Å²) in [7, 11) is 1.57. The van der Waals surface area contributed by atoms with Crippen LogP contribution in [0.4, 0.5) is 5.69 Å². The molecule has 158 valence electrons. The zero-order chi connectivity index (χ0) is 21.5. The second-order valence-electron chi connectivity index (χ2n) is 6.98. The highest BCUT2D eigenvalue weighted by Gasteiger charge is 2.14. The van der Waals surface area contributed by atoms with E-state index in [-0.39, 0.29) is 11.7 Å². The molecule has 0 aliphatic rings. The van der Waals surface area contributed by atoms with Gasteiger partial charge in [-0.3, -0.25) is 4.79 Å². The molecule has 2 aromatic carbocycles. The van der Waals surface area contributed by atoms with Crippen molar-refractivity contribution >= 4 is 23.2 Å². The predicted molar refractivity (Wildman–Crippen MR) is 119 cm³/mol. The zero-order valence-corrected chi connectivity index (χ0v) is 18.0. The van der Waals surface area contributed by atoms with Gasteiger partial charge in [-0.15, -0.1) is 0 Å². The number of amides is 1. The number of nitrogens with one attached hydrogen (secondary N) is 2. The SMILES string of the molecule is COc1cc(NC(=O)c2ccc(-c3ccc(Cl)cc3)o2)cc(OCCNC(C)C)c1. The molecular formula is C23H25ClN2O4. The van der Waals surface area contributed by atoms with Gasteiger partial charge in [0.25, 0.3) is 5.91 Å². The van der Waals surface area contributed by atoms with E-state index in [1.165, 1.54) is 0 Å². The van der Waals surface area contributed by atoms with E-state index in [4.69, 9.17) is 25.5 Å². The molecule has 0 aliphatic heterocycles. The summed E-state index contributed by atoms with van der Waals surface area (Å²) < 4.78 is 16.8. The predicted octanol–water partition coefficient (Wildman–Crippen LogP) is 5.24. The molecule has 1 aromatic heterocycles. The minimum absolute atomic E-state index is 0.200. The van der Waals surface area contributed by atoms with Crippen LogP contribution in [0.15, 0.2) is 59.0 Å². The van der Waals surface area contributed by atoms with Crippen molar-refractivity contribution in [2.75, 3.05) is 25.6 Å². The molecule has 3 aromatic rings. The van der Waals surface area contributed by atoms with Gasteiger partial charge in [0.05, 0.1) is 7.11 Å². The fourth-order valence-electron chi connectivity index (χ4n) is 2.78. The van der Waals surface area contributed by atoms with Crippen LogP contribution in [0.25, 0.3) is 11.3 Å². The van der Waals surface area contributed by atoms with Gasteiger partial charge in [-0.25, -0.2) is 0 Å². The minimum Gasteiger partial charge on any atom is -0.497 e. The Labute approximate surface area is 181 Å². The highest BCUT2D eigenvalue weighted by molar-refractivity contribution is 6.30. The van der Waals surface area contributed by atoms with Crippen LogP contribution < -0.4 is 20.1 Å². The quantitative estimate of drug-likeness (QED) is 0.456. The highest BCUT2D eigenvalue weighted by Crippen LogP contribution is 2.28. The highest BCUT2D eigenvalue weighted by atomic mass is 35.5. The summed E-state index contributed by atoms with van der Waals surface area (Å²) in [5.41, 5.74) is 1.39. The third kappa shape index (κ3) is 6.02. The Hall–Kier alpha value is -2.96. The maximum absolute atomic E-state index is 12.6. The van der Waals surface area contributed by atoms with Gasteiger partial charge in [0.15, 0.2) is 5.76 Å². The monoisotopic (exact) mass is 428 g/mol. The number of hydrogen-bond donors (Lipinski definition) is 2. The molecule has 30 heavy (non-hydrogen) atoms. The first-order valence-corrected chi connectivity index (χ1v) is 10.0. The third-order valence-electron chi connectivity index (χ3n) is 4.26. The van der Waals surface area contributed by atoms with Crippen molar-refractivity contribution < 1.29 is 18.7 Å². The van der Waals surface area contributed by atoms with Crippen molar-refractivity contribution in [1.29, 1.82) is 0 Å². The molecule has 0 unspecified atom stereocenters. The van der Waals surface area contributed by atoms with Crippen LogP contribution in [0.2, 0.25) is 5.02 Å². The van der Waals surface area contributed by atoms with Gasteiger partial charge in [-0.1, -0.05) is 25.4 Å². The van der Waals surface area contributed by atoms with E-state index in [0.29, 0.717) is 40.6 Å². The topological polar surface area (TPSA) is 72.7 Å². The fourth-order valence-corrected chi connectivity index (χ4v) is 2.91. The largest absolute Gasteiger partial charge is 0.497 e. The Morgan fingerprint density at radius 2 is 1.80 bits per heavy atom. The average Bonchev–Trinajstić information content (AvgIpc) is 3.22. The Morgan fingerprint density at radius 1 is 1.07 bits per heavy atom. The summed E-state index contributed by atoms with van der Waals surface area (Å²) in [6.07, 6.45) is 0. The number of carbonyl (C=O) groups excluding carboxylic acids is 1. The number of anilines is 1. The third-order valence-corrected chi connectivity index (χ3v) is 4.51. The van der Waals surface area contributed by atoms with Crippen LogP contribution in [0, 0.1) is 0 Å². The summed E-state index contributed by atoms with van der Waals surface area (Å²) in [5.74, 6) is 1.61. The molecule has 0 saturated heterocycles.